The third kappa shape index (κ3) is 2.15. The van der Waals surface area contributed by atoms with Gasteiger partial charge in [0.15, 0.2) is 0 Å². The molecule has 0 saturated carbocycles. The number of benzene rings is 1. The summed E-state index contributed by atoms with van der Waals surface area (Å²) in [6.07, 6.45) is 4.27. The quantitative estimate of drug-likeness (QED) is 0.742. The van der Waals surface area contributed by atoms with Crippen LogP contribution in [0.4, 0.5) is 0 Å². The number of nitrogens with zero attached hydrogens (tertiary/aromatic N) is 2. The first kappa shape index (κ1) is 11.4. The summed E-state index contributed by atoms with van der Waals surface area (Å²) in [5, 5.41) is 1.21. The third-order valence-electron chi connectivity index (χ3n) is 3.62. The van der Waals surface area contributed by atoms with Crippen LogP contribution in [-0.2, 0) is 0 Å². The van der Waals surface area contributed by atoms with Crippen LogP contribution in [0.15, 0.2) is 35.5 Å². The van der Waals surface area contributed by atoms with Gasteiger partial charge in [0.2, 0.25) is 0 Å². The Morgan fingerprint density at radius 3 is 2.89 bits per heavy atom. The molecule has 1 aliphatic heterocycles. The molecule has 0 saturated heterocycles. The van der Waals surface area contributed by atoms with E-state index in [9.17, 15) is 0 Å². The van der Waals surface area contributed by atoms with Crippen LogP contribution in [0.2, 0.25) is 0 Å². The Kier molecular flexibility index (Phi) is 2.86. The first-order valence-corrected chi connectivity index (χ1v) is 6.62. The van der Waals surface area contributed by atoms with Gasteiger partial charge in [0.1, 0.15) is 0 Å². The summed E-state index contributed by atoms with van der Waals surface area (Å²) in [6.45, 7) is 5.31. The van der Waals surface area contributed by atoms with Gasteiger partial charge < -0.3 is 0 Å². The van der Waals surface area contributed by atoms with Crippen molar-refractivity contribution in [3.05, 3.63) is 41.6 Å². The summed E-state index contributed by atoms with van der Waals surface area (Å²) in [7, 11) is 0. The van der Waals surface area contributed by atoms with Crippen molar-refractivity contribution in [1.82, 2.24) is 4.98 Å². The molecule has 0 amide bonds. The van der Waals surface area contributed by atoms with Crippen LogP contribution < -0.4 is 0 Å². The highest BCUT2D eigenvalue weighted by atomic mass is 14.8. The van der Waals surface area contributed by atoms with E-state index in [-0.39, 0.29) is 0 Å². The number of aliphatic imine (C=N–C) groups is 1. The summed E-state index contributed by atoms with van der Waals surface area (Å²) in [5.74, 6) is 0.731. The Hall–Kier alpha value is -1.70. The molecule has 0 aliphatic carbocycles. The van der Waals surface area contributed by atoms with E-state index in [0.717, 1.165) is 24.4 Å². The molecule has 1 unspecified atom stereocenters. The fraction of sp³-hybridized carbons (Fsp3) is 0.375. The summed E-state index contributed by atoms with van der Waals surface area (Å²) in [4.78, 5) is 9.19. The van der Waals surface area contributed by atoms with Crippen LogP contribution in [0.25, 0.3) is 10.9 Å². The second-order valence-electron chi connectivity index (χ2n) is 5.35. The zero-order valence-electron chi connectivity index (χ0n) is 11.0. The summed E-state index contributed by atoms with van der Waals surface area (Å²) in [6, 6.07) is 8.68. The number of pyridine rings is 1. The number of aryl methyl sites for hydroxylation is 1. The maximum Gasteiger partial charge on any atom is 0.0708 e. The van der Waals surface area contributed by atoms with Crippen LogP contribution in [0.1, 0.15) is 30.9 Å². The van der Waals surface area contributed by atoms with E-state index in [1.54, 1.807) is 0 Å². The van der Waals surface area contributed by atoms with Crippen molar-refractivity contribution < 1.29 is 0 Å². The van der Waals surface area contributed by atoms with Crippen molar-refractivity contribution >= 4 is 16.6 Å². The third-order valence-corrected chi connectivity index (χ3v) is 3.62. The van der Waals surface area contributed by atoms with E-state index in [2.05, 4.69) is 43.1 Å². The van der Waals surface area contributed by atoms with Gasteiger partial charge in [0.25, 0.3) is 0 Å². The van der Waals surface area contributed by atoms with Gasteiger partial charge >= 0.3 is 0 Å². The van der Waals surface area contributed by atoms with Crippen molar-refractivity contribution in [1.29, 1.82) is 0 Å². The normalized spacial score (nSPS) is 19.9. The van der Waals surface area contributed by atoms with Crippen molar-refractivity contribution in [2.75, 3.05) is 6.54 Å². The molecule has 2 heterocycles. The van der Waals surface area contributed by atoms with E-state index >= 15 is 0 Å². The minimum Gasteiger partial charge on any atom is -0.289 e. The largest absolute Gasteiger partial charge is 0.289 e. The maximum absolute atomic E-state index is 4.69. The van der Waals surface area contributed by atoms with Gasteiger partial charge in [0, 0.05) is 23.8 Å². The predicted molar refractivity (Wildman–Crippen MR) is 76.3 cm³/mol. The maximum atomic E-state index is 4.69. The first-order chi connectivity index (χ1) is 8.72. The number of hydrogen-bond acceptors (Lipinski definition) is 2. The molecule has 1 aliphatic rings. The van der Waals surface area contributed by atoms with Gasteiger partial charge in [-0.2, -0.15) is 0 Å². The van der Waals surface area contributed by atoms with Gasteiger partial charge in [-0.25, -0.2) is 0 Å². The molecule has 2 aromatic rings. The Morgan fingerprint density at radius 1 is 1.22 bits per heavy atom. The lowest BCUT2D eigenvalue weighted by molar-refractivity contribution is 0.538. The lowest BCUT2D eigenvalue weighted by Gasteiger charge is -2.17. The average molecular weight is 238 g/mol. The SMILES string of the molecule is Cc1cnc2cc(C3=NCC(C)CC3)ccc2c1. The van der Waals surface area contributed by atoms with Crippen molar-refractivity contribution in [3.8, 4) is 0 Å². The summed E-state index contributed by atoms with van der Waals surface area (Å²) >= 11 is 0. The van der Waals surface area contributed by atoms with Crippen molar-refractivity contribution in [2.24, 2.45) is 10.9 Å². The molecule has 1 aromatic carbocycles. The van der Waals surface area contributed by atoms with Gasteiger partial charge in [-0.1, -0.05) is 19.1 Å². The fourth-order valence-corrected chi connectivity index (χ4v) is 2.47. The van der Waals surface area contributed by atoms with Gasteiger partial charge in [-0.05, 0) is 48.9 Å². The van der Waals surface area contributed by atoms with Gasteiger partial charge in [0.05, 0.1) is 5.52 Å². The molecule has 0 bridgehead atoms. The first-order valence-electron chi connectivity index (χ1n) is 6.62. The van der Waals surface area contributed by atoms with E-state index in [1.165, 1.54) is 28.6 Å². The number of hydrogen-bond donors (Lipinski definition) is 0. The van der Waals surface area contributed by atoms with E-state index < -0.39 is 0 Å². The molecular weight excluding hydrogens is 220 g/mol. The second-order valence-corrected chi connectivity index (χ2v) is 5.35. The molecule has 0 fully saturated rings. The Morgan fingerprint density at radius 2 is 2.11 bits per heavy atom. The molecule has 0 spiro atoms. The minimum atomic E-state index is 0.731. The Bertz CT molecular complexity index is 614. The molecule has 3 rings (SSSR count). The molecular formula is C16H18N2. The predicted octanol–water partition coefficient (Wildman–Crippen LogP) is 3.76. The molecule has 0 radical (unpaired) electrons. The molecule has 18 heavy (non-hydrogen) atoms. The van der Waals surface area contributed by atoms with Crippen LogP contribution in [0, 0.1) is 12.8 Å². The lowest BCUT2D eigenvalue weighted by atomic mass is 9.95. The van der Waals surface area contributed by atoms with Gasteiger partial charge in [-0.15, -0.1) is 0 Å². The highest BCUT2D eigenvalue weighted by Gasteiger charge is 2.13. The highest BCUT2D eigenvalue weighted by molar-refractivity contribution is 6.03. The van der Waals surface area contributed by atoms with E-state index in [0.29, 0.717) is 0 Å². The average Bonchev–Trinajstić information content (AvgIpc) is 2.39. The van der Waals surface area contributed by atoms with Crippen LogP contribution in [0.5, 0.6) is 0 Å². The Labute approximate surface area is 108 Å². The standard InChI is InChI=1S/C16H18N2/c1-11-3-6-15(17-9-11)14-5-4-13-7-12(2)10-18-16(13)8-14/h4-5,7-8,10-11H,3,6,9H2,1-2H3. The summed E-state index contributed by atoms with van der Waals surface area (Å²) in [5.41, 5.74) is 4.77. The second kappa shape index (κ2) is 4.52. The highest BCUT2D eigenvalue weighted by Crippen LogP contribution is 2.21. The number of fused-ring (bicyclic) bond motifs is 1. The minimum absolute atomic E-state index is 0.731. The van der Waals surface area contributed by atoms with Crippen molar-refractivity contribution in [2.45, 2.75) is 26.7 Å². The van der Waals surface area contributed by atoms with Gasteiger partial charge in [-0.3, -0.25) is 9.98 Å². The molecule has 2 heteroatoms. The molecule has 2 nitrogen and oxygen atoms in total. The smallest absolute Gasteiger partial charge is 0.0708 e. The van der Waals surface area contributed by atoms with Crippen LogP contribution in [0.3, 0.4) is 0 Å². The zero-order chi connectivity index (χ0) is 12.5. The zero-order valence-corrected chi connectivity index (χ0v) is 11.0. The number of aromatic nitrogens is 1. The molecule has 1 atom stereocenters. The summed E-state index contributed by atoms with van der Waals surface area (Å²) < 4.78 is 0. The van der Waals surface area contributed by atoms with E-state index in [4.69, 9.17) is 4.99 Å². The lowest BCUT2D eigenvalue weighted by Crippen LogP contribution is -2.14. The van der Waals surface area contributed by atoms with Crippen LogP contribution in [-0.4, -0.2) is 17.2 Å². The van der Waals surface area contributed by atoms with Crippen LogP contribution >= 0.6 is 0 Å². The topological polar surface area (TPSA) is 25.2 Å². The molecule has 0 N–H and O–H groups in total. The molecule has 1 aromatic heterocycles. The number of rotatable bonds is 1. The molecule has 92 valence electrons. The Balaban J connectivity index is 2.01. The fourth-order valence-electron chi connectivity index (χ4n) is 2.47. The van der Waals surface area contributed by atoms with Crippen molar-refractivity contribution in [3.63, 3.8) is 0 Å². The monoisotopic (exact) mass is 238 g/mol. The van der Waals surface area contributed by atoms with E-state index in [1.807, 2.05) is 6.20 Å².